The van der Waals surface area contributed by atoms with Crippen LogP contribution in [-0.4, -0.2) is 53.6 Å². The molecule has 2 aliphatic heterocycles. The Bertz CT molecular complexity index is 2460. The van der Waals surface area contributed by atoms with E-state index in [1.807, 2.05) is 54.6 Å². The topological polar surface area (TPSA) is 156 Å². The van der Waals surface area contributed by atoms with Crippen molar-refractivity contribution in [1.29, 1.82) is 5.26 Å². The van der Waals surface area contributed by atoms with E-state index < -0.39 is 41.8 Å². The van der Waals surface area contributed by atoms with E-state index in [0.717, 1.165) is 22.3 Å². The minimum absolute atomic E-state index is 0.00402. The molecule has 2 unspecified atom stereocenters. The molecule has 12 nitrogen and oxygen atoms in total. The molecule has 2 heterocycles. The van der Waals surface area contributed by atoms with E-state index in [1.54, 1.807) is 75.4 Å². The molecule has 0 radical (unpaired) electrons. The second-order valence-electron chi connectivity index (χ2n) is 15.6. The van der Waals surface area contributed by atoms with Gasteiger partial charge in [0.25, 0.3) is 5.91 Å². The van der Waals surface area contributed by atoms with E-state index in [4.69, 9.17) is 35.8 Å². The second kappa shape index (κ2) is 17.6. The minimum atomic E-state index is -1.07. The highest BCUT2D eigenvalue weighted by atomic mass is 35.5. The largest absolute Gasteiger partial charge is 0.489 e. The van der Waals surface area contributed by atoms with E-state index in [-0.39, 0.29) is 25.3 Å². The van der Waals surface area contributed by atoms with Gasteiger partial charge >= 0.3 is 12.1 Å². The van der Waals surface area contributed by atoms with Crippen LogP contribution in [0.4, 0.5) is 10.5 Å². The summed E-state index contributed by atoms with van der Waals surface area (Å²) in [6.45, 7) is 5.54. The summed E-state index contributed by atoms with van der Waals surface area (Å²) in [5.74, 6) is -0.584. The number of fused-ring (bicyclic) bond motifs is 2. The number of anilines is 1. The predicted molar refractivity (Wildman–Crippen MR) is 224 cm³/mol. The highest BCUT2D eigenvalue weighted by molar-refractivity contribution is 6.30. The molecule has 13 heteroatoms. The SMILES string of the molecule is COC(=O)[C@H](Cc1ccc(-c2ccc(C#N)cc2)cc1)NC(=O)C1Cc2cc3c(cc2CN1C(=O)OC(C)(C)C)OC(c1ccc(OCc2cccc(Cl)c2)cc1)C(=O)N3. The number of esters is 1. The summed E-state index contributed by atoms with van der Waals surface area (Å²) in [6, 6.07) is 32.7. The lowest BCUT2D eigenvalue weighted by molar-refractivity contribution is -0.145. The standard InChI is InChI=1S/C47H43ClN4O8/c1-47(2,3)60-46(56)52-26-35-24-41-38(50-44(54)42(59-41)33-16-18-37(19-17-33)58-27-30-6-5-7-36(48)20-30)22-34(35)23-40(52)43(53)51-39(45(55)57-4)21-28-8-12-31(13-9-28)32-14-10-29(25-49)11-15-32/h5-20,22,24,39-40,42H,21,23,26-27H2,1-4H3,(H,50,54)(H,51,53)/t39-,40?,42?/m0/s1. The summed E-state index contributed by atoms with van der Waals surface area (Å²) in [5, 5.41) is 15.5. The number of amides is 3. The number of nitrogens with zero attached hydrogens (tertiary/aromatic N) is 2. The van der Waals surface area contributed by atoms with Crippen LogP contribution in [0.2, 0.25) is 5.02 Å². The molecule has 0 bridgehead atoms. The van der Waals surface area contributed by atoms with Crippen LogP contribution in [0.3, 0.4) is 0 Å². The highest BCUT2D eigenvalue weighted by Crippen LogP contribution is 2.40. The molecule has 0 spiro atoms. The molecular weight excluding hydrogens is 784 g/mol. The summed E-state index contributed by atoms with van der Waals surface area (Å²) in [5.41, 5.74) is 5.68. The molecule has 5 aromatic rings. The number of nitrogens with one attached hydrogen (secondary N) is 2. The fourth-order valence-corrected chi connectivity index (χ4v) is 7.31. The maximum atomic E-state index is 14.2. The molecule has 5 aromatic carbocycles. The average molecular weight is 827 g/mol. The third-order valence-corrected chi connectivity index (χ3v) is 10.4. The van der Waals surface area contributed by atoms with Crippen molar-refractivity contribution in [2.24, 2.45) is 0 Å². The summed E-state index contributed by atoms with van der Waals surface area (Å²) in [4.78, 5) is 55.8. The number of hydrogen-bond donors (Lipinski definition) is 2. The third kappa shape index (κ3) is 9.71. The van der Waals surface area contributed by atoms with Gasteiger partial charge < -0.3 is 29.6 Å². The van der Waals surface area contributed by atoms with E-state index in [2.05, 4.69) is 16.7 Å². The average Bonchev–Trinajstić information content (AvgIpc) is 3.23. The van der Waals surface area contributed by atoms with Crippen LogP contribution in [0.15, 0.2) is 109 Å². The molecule has 306 valence electrons. The fraction of sp³-hybridized carbons (Fsp3) is 0.255. The van der Waals surface area contributed by atoms with Gasteiger partial charge in [0.1, 0.15) is 35.8 Å². The summed E-state index contributed by atoms with van der Waals surface area (Å²) < 4.78 is 23.0. The van der Waals surface area contributed by atoms with Crippen LogP contribution >= 0.6 is 11.6 Å². The molecular formula is C47H43ClN4O8. The van der Waals surface area contributed by atoms with E-state index in [9.17, 15) is 19.2 Å². The monoisotopic (exact) mass is 826 g/mol. The van der Waals surface area contributed by atoms with E-state index >= 15 is 0 Å². The smallest absolute Gasteiger partial charge is 0.411 e. The first-order valence-electron chi connectivity index (χ1n) is 19.3. The van der Waals surface area contributed by atoms with Crippen LogP contribution in [0.1, 0.15) is 60.3 Å². The Hall–Kier alpha value is -6.84. The van der Waals surface area contributed by atoms with Crippen LogP contribution in [0.25, 0.3) is 11.1 Å². The number of carbonyl (C=O) groups excluding carboxylic acids is 4. The van der Waals surface area contributed by atoms with Gasteiger partial charge in [-0.3, -0.25) is 14.5 Å². The van der Waals surface area contributed by atoms with Gasteiger partial charge in [0, 0.05) is 23.4 Å². The van der Waals surface area contributed by atoms with Gasteiger partial charge in [0.2, 0.25) is 12.0 Å². The molecule has 0 saturated heterocycles. The number of halogens is 1. The predicted octanol–water partition coefficient (Wildman–Crippen LogP) is 8.09. The number of benzene rings is 5. The molecule has 60 heavy (non-hydrogen) atoms. The zero-order chi connectivity index (χ0) is 42.6. The van der Waals surface area contributed by atoms with Gasteiger partial charge in [-0.2, -0.15) is 5.26 Å². The first kappa shape index (κ1) is 41.3. The third-order valence-electron chi connectivity index (χ3n) is 10.1. The van der Waals surface area contributed by atoms with Gasteiger partial charge in [0.05, 0.1) is 31.0 Å². The van der Waals surface area contributed by atoms with Crippen LogP contribution in [-0.2, 0) is 49.9 Å². The lowest BCUT2D eigenvalue weighted by atomic mass is 9.91. The Labute approximate surface area is 353 Å². The zero-order valence-corrected chi connectivity index (χ0v) is 34.2. The van der Waals surface area contributed by atoms with Crippen LogP contribution < -0.4 is 20.1 Å². The normalized spacial score (nSPS) is 16.1. The van der Waals surface area contributed by atoms with Gasteiger partial charge in [-0.25, -0.2) is 9.59 Å². The Kier molecular flexibility index (Phi) is 12.1. The maximum absolute atomic E-state index is 14.2. The Morgan fingerprint density at radius 2 is 1.63 bits per heavy atom. The summed E-state index contributed by atoms with van der Waals surface area (Å²) in [6.07, 6.45) is -1.47. The van der Waals surface area contributed by atoms with E-state index in [0.29, 0.717) is 51.1 Å². The van der Waals surface area contributed by atoms with Crippen LogP contribution in [0, 0.1) is 11.3 Å². The van der Waals surface area contributed by atoms with Gasteiger partial charge in [0.15, 0.2) is 0 Å². The Morgan fingerprint density at radius 1 is 0.933 bits per heavy atom. The van der Waals surface area contributed by atoms with Crippen molar-refractivity contribution < 1.29 is 38.1 Å². The fourth-order valence-electron chi connectivity index (χ4n) is 7.10. The van der Waals surface area contributed by atoms with Crippen molar-refractivity contribution in [2.45, 2.75) is 70.6 Å². The molecule has 0 saturated carbocycles. The van der Waals surface area contributed by atoms with Crippen molar-refractivity contribution in [1.82, 2.24) is 10.2 Å². The quantitative estimate of drug-likeness (QED) is 0.133. The molecule has 0 aliphatic carbocycles. The van der Waals surface area contributed by atoms with Crippen molar-refractivity contribution >= 4 is 41.2 Å². The Morgan fingerprint density at radius 3 is 2.28 bits per heavy atom. The van der Waals surface area contributed by atoms with Crippen molar-refractivity contribution in [3.05, 3.63) is 148 Å². The van der Waals surface area contributed by atoms with Gasteiger partial charge in [-0.15, -0.1) is 0 Å². The van der Waals surface area contributed by atoms with Gasteiger partial charge in [-0.05, 0) is 103 Å². The van der Waals surface area contributed by atoms with Crippen molar-refractivity contribution in [2.75, 3.05) is 12.4 Å². The molecule has 0 aromatic heterocycles. The number of rotatable bonds is 10. The minimum Gasteiger partial charge on any atom is -0.489 e. The summed E-state index contributed by atoms with van der Waals surface area (Å²) in [7, 11) is 1.25. The number of nitriles is 1. The van der Waals surface area contributed by atoms with E-state index in [1.165, 1.54) is 12.0 Å². The van der Waals surface area contributed by atoms with Crippen LogP contribution in [0.5, 0.6) is 11.5 Å². The molecule has 0 fully saturated rings. The summed E-state index contributed by atoms with van der Waals surface area (Å²) >= 11 is 6.09. The number of methoxy groups -OCH3 is 1. The first-order chi connectivity index (χ1) is 28.8. The number of ether oxygens (including phenoxy) is 4. The van der Waals surface area contributed by atoms with Gasteiger partial charge in [-0.1, -0.05) is 72.3 Å². The second-order valence-corrected chi connectivity index (χ2v) is 16.0. The maximum Gasteiger partial charge on any atom is 0.411 e. The zero-order valence-electron chi connectivity index (χ0n) is 33.5. The van der Waals surface area contributed by atoms with Crippen molar-refractivity contribution in [3.8, 4) is 28.7 Å². The van der Waals surface area contributed by atoms with Crippen molar-refractivity contribution in [3.63, 3.8) is 0 Å². The lowest BCUT2D eigenvalue weighted by Crippen LogP contribution is -2.56. The highest BCUT2D eigenvalue weighted by Gasteiger charge is 2.40. The molecule has 2 aliphatic rings. The molecule has 7 rings (SSSR count). The number of carbonyl (C=O) groups is 4. The lowest BCUT2D eigenvalue weighted by Gasteiger charge is -2.38. The molecule has 3 atom stereocenters. The molecule has 3 amide bonds. The molecule has 2 N–H and O–H groups in total. The Balaban J connectivity index is 1.08. The number of hydrogen-bond acceptors (Lipinski definition) is 9. The first-order valence-corrected chi connectivity index (χ1v) is 19.7.